The molecule has 4 nitrogen and oxygen atoms in total. The van der Waals surface area contributed by atoms with Crippen LogP contribution >= 0.6 is 0 Å². The summed E-state index contributed by atoms with van der Waals surface area (Å²) in [4.78, 5) is 0. The summed E-state index contributed by atoms with van der Waals surface area (Å²) in [6.07, 6.45) is 2.24. The third kappa shape index (κ3) is 9.84. The Balaban J connectivity index is 2.82. The van der Waals surface area contributed by atoms with E-state index in [1.165, 1.54) is 0 Å². The first kappa shape index (κ1) is 11.8. The van der Waals surface area contributed by atoms with Crippen LogP contribution in [0.1, 0.15) is 25.7 Å². The summed E-state index contributed by atoms with van der Waals surface area (Å²) in [5, 5.41) is 20.2. The average Bonchev–Trinajstić information content (AvgIpc) is 2.02. The molecule has 0 unspecified atom stereocenters. The molecule has 5 N–H and O–H groups in total. The molecule has 0 fully saturated rings. The van der Waals surface area contributed by atoms with Crippen molar-refractivity contribution in [2.75, 3.05) is 19.6 Å². The first-order chi connectivity index (χ1) is 5.77. The molecule has 0 amide bonds. The number of hydrogen-bond donors (Lipinski definition) is 4. The lowest BCUT2D eigenvalue weighted by Gasteiger charge is -2.04. The molecule has 0 aliphatic heterocycles. The molecule has 74 valence electrons. The van der Waals surface area contributed by atoms with Gasteiger partial charge in [-0.1, -0.05) is 0 Å². The van der Waals surface area contributed by atoms with Crippen LogP contribution in [0.4, 0.5) is 0 Å². The van der Waals surface area contributed by atoms with Crippen LogP contribution in [-0.4, -0.2) is 36.1 Å². The van der Waals surface area contributed by atoms with Crippen LogP contribution in [0.3, 0.4) is 0 Å². The van der Waals surface area contributed by atoms with Crippen LogP contribution in [0.2, 0.25) is 0 Å². The monoisotopic (exact) mass is 176 g/mol. The molecule has 0 heterocycles. The van der Waals surface area contributed by atoms with E-state index in [-0.39, 0.29) is 0 Å². The van der Waals surface area contributed by atoms with Crippen molar-refractivity contribution >= 4 is 0 Å². The third-order valence-corrected chi connectivity index (χ3v) is 1.62. The Morgan fingerprint density at radius 1 is 1.08 bits per heavy atom. The molecule has 4 heteroatoms. The first-order valence-electron chi connectivity index (χ1n) is 4.54. The van der Waals surface area contributed by atoms with Gasteiger partial charge in [-0.05, 0) is 45.3 Å². The molecule has 0 aliphatic rings. The van der Waals surface area contributed by atoms with Crippen molar-refractivity contribution < 1.29 is 10.2 Å². The molecular formula is C8H20N2O2. The van der Waals surface area contributed by atoms with Gasteiger partial charge in [0.25, 0.3) is 0 Å². The molecule has 12 heavy (non-hydrogen) atoms. The average molecular weight is 176 g/mol. The Hall–Kier alpha value is -0.160. The van der Waals surface area contributed by atoms with Gasteiger partial charge in [0.05, 0.1) is 0 Å². The van der Waals surface area contributed by atoms with E-state index < -0.39 is 6.29 Å². The van der Waals surface area contributed by atoms with E-state index in [2.05, 4.69) is 5.32 Å². The highest BCUT2D eigenvalue weighted by Gasteiger charge is 1.95. The highest BCUT2D eigenvalue weighted by atomic mass is 16.5. The van der Waals surface area contributed by atoms with Crippen molar-refractivity contribution in [3.63, 3.8) is 0 Å². The standard InChI is InChI=1S/C8H20N2O2/c9-5-1-2-6-10-7-3-4-8(11)12/h8,10-12H,1-7,9H2. The maximum Gasteiger partial charge on any atom is 0.151 e. The fourth-order valence-corrected chi connectivity index (χ4v) is 0.929. The predicted octanol–water partition coefficient (Wildman–Crippen LogP) is -0.594. The fraction of sp³-hybridized carbons (Fsp3) is 1.00. The quantitative estimate of drug-likeness (QED) is 0.294. The summed E-state index contributed by atoms with van der Waals surface area (Å²) < 4.78 is 0. The Kier molecular flexibility index (Phi) is 8.81. The van der Waals surface area contributed by atoms with Crippen molar-refractivity contribution in [3.8, 4) is 0 Å². The Bertz CT molecular complexity index is 89.1. The lowest BCUT2D eigenvalue weighted by atomic mass is 10.3. The van der Waals surface area contributed by atoms with E-state index in [9.17, 15) is 0 Å². The molecule has 0 rings (SSSR count). The van der Waals surface area contributed by atoms with E-state index in [1.54, 1.807) is 0 Å². The maximum atomic E-state index is 8.50. The number of hydrogen-bond acceptors (Lipinski definition) is 4. The summed E-state index contributed by atoms with van der Waals surface area (Å²) >= 11 is 0. The number of rotatable bonds is 8. The highest BCUT2D eigenvalue weighted by Crippen LogP contribution is 1.91. The molecule has 0 radical (unpaired) electrons. The van der Waals surface area contributed by atoms with E-state index in [0.717, 1.165) is 38.9 Å². The molecule has 0 aliphatic carbocycles. The smallest absolute Gasteiger partial charge is 0.151 e. The van der Waals surface area contributed by atoms with Crippen LogP contribution in [0.15, 0.2) is 0 Å². The molecule has 0 aromatic heterocycles. The normalized spacial score (nSPS) is 11.0. The number of nitrogens with one attached hydrogen (secondary N) is 1. The molecule has 0 atom stereocenters. The van der Waals surface area contributed by atoms with Crippen molar-refractivity contribution in [3.05, 3.63) is 0 Å². The molecule has 0 saturated carbocycles. The van der Waals surface area contributed by atoms with Gasteiger partial charge in [-0.2, -0.15) is 0 Å². The van der Waals surface area contributed by atoms with Crippen molar-refractivity contribution in [1.29, 1.82) is 0 Å². The zero-order valence-electron chi connectivity index (χ0n) is 7.50. The molecule has 0 aromatic rings. The van der Waals surface area contributed by atoms with Gasteiger partial charge in [0.2, 0.25) is 0 Å². The van der Waals surface area contributed by atoms with Gasteiger partial charge in [-0.25, -0.2) is 0 Å². The number of nitrogens with two attached hydrogens (primary N) is 1. The van der Waals surface area contributed by atoms with Crippen molar-refractivity contribution in [2.45, 2.75) is 32.0 Å². The van der Waals surface area contributed by atoms with E-state index in [1.807, 2.05) is 0 Å². The second-order valence-electron chi connectivity index (χ2n) is 2.87. The first-order valence-corrected chi connectivity index (χ1v) is 4.54. The highest BCUT2D eigenvalue weighted by molar-refractivity contribution is 4.50. The zero-order chi connectivity index (χ0) is 9.23. The van der Waals surface area contributed by atoms with Crippen LogP contribution in [0.25, 0.3) is 0 Å². The summed E-state index contributed by atoms with van der Waals surface area (Å²) in [5.41, 5.74) is 5.32. The minimum atomic E-state index is -1.16. The van der Waals surface area contributed by atoms with E-state index in [4.69, 9.17) is 15.9 Å². The van der Waals surface area contributed by atoms with Gasteiger partial charge in [0.15, 0.2) is 6.29 Å². The second kappa shape index (κ2) is 8.93. The number of aliphatic hydroxyl groups excluding tert-OH is 1. The molecular weight excluding hydrogens is 156 g/mol. The SMILES string of the molecule is NCCCCNCCCC(O)O. The largest absolute Gasteiger partial charge is 0.368 e. The van der Waals surface area contributed by atoms with Gasteiger partial charge in [0, 0.05) is 0 Å². The lowest BCUT2D eigenvalue weighted by molar-refractivity contribution is -0.0460. The lowest BCUT2D eigenvalue weighted by Crippen LogP contribution is -2.19. The van der Waals surface area contributed by atoms with Crippen LogP contribution < -0.4 is 11.1 Å². The van der Waals surface area contributed by atoms with Crippen molar-refractivity contribution in [2.24, 2.45) is 5.73 Å². The molecule has 0 saturated heterocycles. The minimum Gasteiger partial charge on any atom is -0.368 e. The van der Waals surface area contributed by atoms with Gasteiger partial charge in [0.1, 0.15) is 0 Å². The Morgan fingerprint density at radius 3 is 2.33 bits per heavy atom. The maximum absolute atomic E-state index is 8.50. The summed E-state index contributed by atoms with van der Waals surface area (Å²) in [7, 11) is 0. The van der Waals surface area contributed by atoms with Gasteiger partial charge < -0.3 is 21.3 Å². The molecule has 0 aromatic carbocycles. The van der Waals surface area contributed by atoms with E-state index in [0.29, 0.717) is 6.42 Å². The number of unbranched alkanes of at least 4 members (excludes halogenated alkanes) is 1. The second-order valence-corrected chi connectivity index (χ2v) is 2.87. The summed E-state index contributed by atoms with van der Waals surface area (Å²) in [5.74, 6) is 0. The molecule has 0 spiro atoms. The Morgan fingerprint density at radius 2 is 1.75 bits per heavy atom. The topological polar surface area (TPSA) is 78.5 Å². The zero-order valence-corrected chi connectivity index (χ0v) is 7.50. The summed E-state index contributed by atoms with van der Waals surface area (Å²) in [6.45, 7) is 2.57. The van der Waals surface area contributed by atoms with E-state index >= 15 is 0 Å². The van der Waals surface area contributed by atoms with Crippen LogP contribution in [-0.2, 0) is 0 Å². The fourth-order valence-electron chi connectivity index (χ4n) is 0.929. The predicted molar refractivity (Wildman–Crippen MR) is 48.6 cm³/mol. The van der Waals surface area contributed by atoms with Gasteiger partial charge in [-0.15, -0.1) is 0 Å². The van der Waals surface area contributed by atoms with Gasteiger partial charge >= 0.3 is 0 Å². The van der Waals surface area contributed by atoms with Gasteiger partial charge in [-0.3, -0.25) is 0 Å². The van der Waals surface area contributed by atoms with Crippen molar-refractivity contribution in [1.82, 2.24) is 5.32 Å². The third-order valence-electron chi connectivity index (χ3n) is 1.62. The van der Waals surface area contributed by atoms with Crippen LogP contribution in [0, 0.1) is 0 Å². The summed E-state index contributed by atoms with van der Waals surface area (Å²) in [6, 6.07) is 0. The minimum absolute atomic E-state index is 0.448. The number of aliphatic hydroxyl groups is 2. The van der Waals surface area contributed by atoms with Crippen LogP contribution in [0.5, 0.6) is 0 Å². The Labute approximate surface area is 73.8 Å². The molecule has 0 bridgehead atoms.